The van der Waals surface area contributed by atoms with E-state index in [0.29, 0.717) is 0 Å². The molecule has 1 fully saturated rings. The van der Waals surface area contributed by atoms with Crippen LogP contribution in [0.1, 0.15) is 17.7 Å². The van der Waals surface area contributed by atoms with Gasteiger partial charge in [0.15, 0.2) is 0 Å². The van der Waals surface area contributed by atoms with Gasteiger partial charge < -0.3 is 15.5 Å². The van der Waals surface area contributed by atoms with Crippen LogP contribution in [0.15, 0.2) is 12.1 Å². The molecular formula is C13H21N5. The van der Waals surface area contributed by atoms with Crippen LogP contribution in [0.5, 0.6) is 0 Å². The number of aryl methyl sites for hydroxylation is 1. The quantitative estimate of drug-likeness (QED) is 0.599. The minimum atomic E-state index is 0.105. The maximum absolute atomic E-state index is 7.54. The molecule has 1 aromatic rings. The Hall–Kier alpha value is -1.62. The van der Waals surface area contributed by atoms with Crippen molar-refractivity contribution >= 4 is 11.7 Å². The molecule has 0 radical (unpaired) electrons. The van der Waals surface area contributed by atoms with Crippen molar-refractivity contribution in [3.8, 4) is 0 Å². The summed E-state index contributed by atoms with van der Waals surface area (Å²) < 4.78 is 0. The van der Waals surface area contributed by atoms with Crippen LogP contribution in [0, 0.1) is 12.3 Å². The van der Waals surface area contributed by atoms with E-state index in [1.54, 1.807) is 0 Å². The maximum Gasteiger partial charge on any atom is 0.129 e. The number of anilines is 1. The second kappa shape index (κ2) is 5.35. The van der Waals surface area contributed by atoms with Crippen molar-refractivity contribution in [1.82, 2.24) is 9.88 Å². The Bertz CT molecular complexity index is 443. The third-order valence-corrected chi connectivity index (χ3v) is 3.29. The van der Waals surface area contributed by atoms with Crippen LogP contribution in [-0.2, 0) is 0 Å². The van der Waals surface area contributed by atoms with Gasteiger partial charge in [0.05, 0.1) is 0 Å². The van der Waals surface area contributed by atoms with Crippen LogP contribution in [0.3, 0.4) is 0 Å². The summed E-state index contributed by atoms with van der Waals surface area (Å²) in [5.74, 6) is 1.05. The fraction of sp³-hybridized carbons (Fsp3) is 0.538. The topological polar surface area (TPSA) is 69.2 Å². The van der Waals surface area contributed by atoms with Crippen LogP contribution in [0.25, 0.3) is 0 Å². The number of amidine groups is 1. The minimum Gasteiger partial charge on any atom is -0.384 e. The molecule has 0 aromatic carbocycles. The monoisotopic (exact) mass is 247 g/mol. The summed E-state index contributed by atoms with van der Waals surface area (Å²) in [4.78, 5) is 9.18. The molecule has 0 spiro atoms. The molecule has 3 N–H and O–H groups in total. The first-order valence-corrected chi connectivity index (χ1v) is 6.33. The molecule has 5 nitrogen and oxygen atoms in total. The third-order valence-electron chi connectivity index (χ3n) is 3.29. The molecule has 0 aliphatic carbocycles. The molecule has 1 aliphatic rings. The molecule has 2 heterocycles. The summed E-state index contributed by atoms with van der Waals surface area (Å²) in [6.45, 7) is 6.11. The fourth-order valence-corrected chi connectivity index (χ4v) is 2.24. The summed E-state index contributed by atoms with van der Waals surface area (Å²) in [7, 11) is 2.15. The molecule has 2 rings (SSSR count). The number of nitrogens with zero attached hydrogens (tertiary/aromatic N) is 3. The molecule has 0 unspecified atom stereocenters. The first kappa shape index (κ1) is 12.8. The molecule has 98 valence electrons. The molecule has 5 heteroatoms. The second-order valence-electron chi connectivity index (χ2n) is 4.91. The Morgan fingerprint density at radius 2 is 2.06 bits per heavy atom. The van der Waals surface area contributed by atoms with Gasteiger partial charge in [-0.25, -0.2) is 4.98 Å². The summed E-state index contributed by atoms with van der Waals surface area (Å²) in [6, 6.07) is 3.77. The Kier molecular flexibility index (Phi) is 3.81. The third kappa shape index (κ3) is 2.98. The Morgan fingerprint density at radius 1 is 1.28 bits per heavy atom. The van der Waals surface area contributed by atoms with Gasteiger partial charge in [-0.2, -0.15) is 0 Å². The van der Waals surface area contributed by atoms with Gasteiger partial charge in [0, 0.05) is 30.9 Å². The van der Waals surface area contributed by atoms with Crippen molar-refractivity contribution in [3.05, 3.63) is 23.4 Å². The largest absolute Gasteiger partial charge is 0.384 e. The first-order chi connectivity index (χ1) is 8.56. The molecule has 1 aromatic heterocycles. The number of pyridine rings is 1. The lowest BCUT2D eigenvalue weighted by Crippen LogP contribution is -2.29. The molecule has 18 heavy (non-hydrogen) atoms. The van der Waals surface area contributed by atoms with Gasteiger partial charge in [-0.3, -0.25) is 5.41 Å². The zero-order chi connectivity index (χ0) is 13.1. The average Bonchev–Trinajstić information content (AvgIpc) is 2.53. The summed E-state index contributed by atoms with van der Waals surface area (Å²) in [5, 5.41) is 7.54. The Labute approximate surface area is 108 Å². The highest BCUT2D eigenvalue weighted by Crippen LogP contribution is 2.16. The number of nitrogens with one attached hydrogen (secondary N) is 1. The molecule has 0 bridgehead atoms. The zero-order valence-corrected chi connectivity index (χ0v) is 11.1. The normalized spacial score (nSPS) is 17.6. The van der Waals surface area contributed by atoms with Gasteiger partial charge in [0.2, 0.25) is 0 Å². The molecule has 0 saturated carbocycles. The smallest absolute Gasteiger partial charge is 0.129 e. The van der Waals surface area contributed by atoms with Crippen molar-refractivity contribution in [1.29, 1.82) is 5.41 Å². The lowest BCUT2D eigenvalue weighted by molar-refractivity contribution is 0.360. The van der Waals surface area contributed by atoms with E-state index in [1.165, 1.54) is 0 Å². The number of likely N-dealkylation sites (N-methyl/N-ethyl adjacent to an activating group) is 1. The highest BCUT2D eigenvalue weighted by molar-refractivity contribution is 5.95. The predicted octanol–water partition coefficient (Wildman–Crippen LogP) is 0.816. The summed E-state index contributed by atoms with van der Waals surface area (Å²) >= 11 is 0. The second-order valence-corrected chi connectivity index (χ2v) is 4.91. The molecule has 1 aliphatic heterocycles. The van der Waals surface area contributed by atoms with E-state index >= 15 is 0 Å². The van der Waals surface area contributed by atoms with Crippen molar-refractivity contribution in [3.63, 3.8) is 0 Å². The number of aromatic nitrogens is 1. The van der Waals surface area contributed by atoms with E-state index in [-0.39, 0.29) is 5.84 Å². The van der Waals surface area contributed by atoms with E-state index in [0.717, 1.165) is 49.7 Å². The van der Waals surface area contributed by atoms with Gasteiger partial charge in [-0.05, 0) is 39.1 Å². The average molecular weight is 247 g/mol. The van der Waals surface area contributed by atoms with E-state index < -0.39 is 0 Å². The van der Waals surface area contributed by atoms with Crippen LogP contribution in [-0.4, -0.2) is 48.9 Å². The molecule has 0 atom stereocenters. The summed E-state index contributed by atoms with van der Waals surface area (Å²) in [5.41, 5.74) is 7.23. The maximum atomic E-state index is 7.54. The molecular weight excluding hydrogens is 226 g/mol. The van der Waals surface area contributed by atoms with Crippen molar-refractivity contribution in [2.45, 2.75) is 13.3 Å². The minimum absolute atomic E-state index is 0.105. The van der Waals surface area contributed by atoms with Gasteiger partial charge in [0.25, 0.3) is 0 Å². The standard InChI is InChI=1S/C13H21N5/c1-10-8-11(13(14)15)9-12(16-10)18-5-3-4-17(2)6-7-18/h8-9H,3-7H2,1-2H3,(H3,14,15). The molecule has 0 amide bonds. The van der Waals surface area contributed by atoms with Crippen molar-refractivity contribution < 1.29 is 0 Å². The highest BCUT2D eigenvalue weighted by atomic mass is 15.2. The van der Waals surface area contributed by atoms with Gasteiger partial charge >= 0.3 is 0 Å². The van der Waals surface area contributed by atoms with Crippen LogP contribution in [0.2, 0.25) is 0 Å². The van der Waals surface area contributed by atoms with Gasteiger partial charge in [-0.15, -0.1) is 0 Å². The number of hydrogen-bond donors (Lipinski definition) is 2. The number of nitrogen functional groups attached to an aromatic ring is 1. The van der Waals surface area contributed by atoms with Crippen LogP contribution in [0.4, 0.5) is 5.82 Å². The lowest BCUT2D eigenvalue weighted by atomic mass is 10.2. The Morgan fingerprint density at radius 3 is 2.78 bits per heavy atom. The predicted molar refractivity (Wildman–Crippen MR) is 74.3 cm³/mol. The lowest BCUT2D eigenvalue weighted by Gasteiger charge is -2.22. The van der Waals surface area contributed by atoms with Gasteiger partial charge in [-0.1, -0.05) is 0 Å². The first-order valence-electron chi connectivity index (χ1n) is 6.33. The summed E-state index contributed by atoms with van der Waals surface area (Å²) in [6.07, 6.45) is 1.14. The highest BCUT2D eigenvalue weighted by Gasteiger charge is 2.14. The van der Waals surface area contributed by atoms with Crippen LogP contribution < -0.4 is 10.6 Å². The van der Waals surface area contributed by atoms with Gasteiger partial charge in [0.1, 0.15) is 11.7 Å². The number of rotatable bonds is 2. The van der Waals surface area contributed by atoms with Crippen molar-refractivity contribution in [2.24, 2.45) is 5.73 Å². The number of nitrogens with two attached hydrogens (primary N) is 1. The fourth-order valence-electron chi connectivity index (χ4n) is 2.24. The number of hydrogen-bond acceptors (Lipinski definition) is 4. The molecule has 1 saturated heterocycles. The van der Waals surface area contributed by atoms with E-state index in [4.69, 9.17) is 11.1 Å². The Balaban J connectivity index is 2.24. The zero-order valence-electron chi connectivity index (χ0n) is 11.1. The SMILES string of the molecule is Cc1cc(C(=N)N)cc(N2CCCN(C)CC2)n1. The van der Waals surface area contributed by atoms with Crippen LogP contribution >= 0.6 is 0 Å². The van der Waals surface area contributed by atoms with E-state index in [9.17, 15) is 0 Å². The van der Waals surface area contributed by atoms with E-state index in [1.807, 2.05) is 19.1 Å². The van der Waals surface area contributed by atoms with E-state index in [2.05, 4.69) is 21.8 Å². The van der Waals surface area contributed by atoms with Crippen molar-refractivity contribution in [2.75, 3.05) is 38.1 Å².